The first-order valence-corrected chi connectivity index (χ1v) is 8.40. The Bertz CT molecular complexity index is 959. The molecule has 140 valence electrons. The van der Waals surface area contributed by atoms with Gasteiger partial charge in [-0.2, -0.15) is 8.78 Å². The largest absolute Gasteiger partial charge is 0.493 e. The van der Waals surface area contributed by atoms with E-state index in [0.29, 0.717) is 5.56 Å². The van der Waals surface area contributed by atoms with Gasteiger partial charge in [0.15, 0.2) is 11.5 Å². The van der Waals surface area contributed by atoms with Gasteiger partial charge in [-0.05, 0) is 47.5 Å². The number of rotatable bonds is 6. The summed E-state index contributed by atoms with van der Waals surface area (Å²) >= 11 is 0. The molecule has 0 aliphatic carbocycles. The maximum Gasteiger partial charge on any atom is 0.387 e. The van der Waals surface area contributed by atoms with Crippen LogP contribution < -0.4 is 14.8 Å². The average molecular weight is 371 g/mol. The molecule has 0 fully saturated rings. The topological polar surface area (TPSA) is 47.6 Å². The monoisotopic (exact) mass is 371 g/mol. The molecule has 0 aliphatic heterocycles. The molecule has 0 spiro atoms. The molecule has 0 saturated carbocycles. The van der Waals surface area contributed by atoms with Crippen LogP contribution in [-0.4, -0.2) is 19.6 Å². The van der Waals surface area contributed by atoms with Crippen molar-refractivity contribution in [1.29, 1.82) is 0 Å². The van der Waals surface area contributed by atoms with Crippen LogP contribution in [0.4, 0.5) is 8.78 Å². The number of amides is 1. The van der Waals surface area contributed by atoms with E-state index in [2.05, 4.69) is 10.1 Å². The smallest absolute Gasteiger partial charge is 0.387 e. The van der Waals surface area contributed by atoms with Crippen molar-refractivity contribution >= 4 is 16.7 Å². The molecule has 3 aromatic rings. The van der Waals surface area contributed by atoms with Crippen LogP contribution in [0, 0.1) is 0 Å². The molecule has 3 aromatic carbocycles. The fourth-order valence-corrected chi connectivity index (χ4v) is 2.84. The molecular formula is C21H19F2NO3. The SMILES string of the molecule is COc1cc(C(=O)NC(C)c2ccc3ccccc3c2)ccc1OC(F)F. The number of carbonyl (C=O) groups excluding carboxylic acids is 1. The van der Waals surface area contributed by atoms with Crippen molar-refractivity contribution in [2.45, 2.75) is 19.6 Å². The molecule has 0 heterocycles. The van der Waals surface area contributed by atoms with Crippen LogP contribution in [0.15, 0.2) is 60.7 Å². The Morgan fingerprint density at radius 1 is 0.963 bits per heavy atom. The van der Waals surface area contributed by atoms with Crippen LogP contribution in [0.5, 0.6) is 11.5 Å². The number of ether oxygens (including phenoxy) is 2. The summed E-state index contributed by atoms with van der Waals surface area (Å²) in [6.45, 7) is -1.08. The zero-order valence-corrected chi connectivity index (χ0v) is 14.9. The van der Waals surface area contributed by atoms with Gasteiger partial charge in [-0.3, -0.25) is 4.79 Å². The Labute approximate surface area is 155 Å². The lowest BCUT2D eigenvalue weighted by Crippen LogP contribution is -2.26. The highest BCUT2D eigenvalue weighted by atomic mass is 19.3. The summed E-state index contributed by atoms with van der Waals surface area (Å²) in [5, 5.41) is 5.12. The molecule has 0 aromatic heterocycles. The Balaban J connectivity index is 1.77. The average Bonchev–Trinajstić information content (AvgIpc) is 2.67. The summed E-state index contributed by atoms with van der Waals surface area (Å²) in [5.74, 6) is -0.384. The van der Waals surface area contributed by atoms with E-state index in [1.165, 1.54) is 25.3 Å². The zero-order valence-electron chi connectivity index (χ0n) is 14.9. The molecule has 1 N–H and O–H groups in total. The Hall–Kier alpha value is -3.15. The molecule has 0 bridgehead atoms. The number of carbonyl (C=O) groups is 1. The van der Waals surface area contributed by atoms with Crippen LogP contribution in [0.3, 0.4) is 0 Å². The number of fused-ring (bicyclic) bond motifs is 1. The molecule has 0 aliphatic rings. The van der Waals surface area contributed by atoms with Gasteiger partial charge in [0, 0.05) is 5.56 Å². The molecule has 1 atom stereocenters. The fourth-order valence-electron chi connectivity index (χ4n) is 2.84. The maximum atomic E-state index is 12.5. The van der Waals surface area contributed by atoms with Crippen molar-refractivity contribution < 1.29 is 23.0 Å². The number of methoxy groups -OCH3 is 1. The van der Waals surface area contributed by atoms with E-state index in [-0.39, 0.29) is 23.4 Å². The summed E-state index contributed by atoms with van der Waals surface area (Å²) in [4.78, 5) is 12.5. The van der Waals surface area contributed by atoms with Crippen molar-refractivity contribution in [2.24, 2.45) is 0 Å². The minimum Gasteiger partial charge on any atom is -0.493 e. The molecule has 0 saturated heterocycles. The molecule has 4 nitrogen and oxygen atoms in total. The Morgan fingerprint density at radius 2 is 1.70 bits per heavy atom. The Kier molecular flexibility index (Phi) is 5.54. The van der Waals surface area contributed by atoms with Gasteiger partial charge >= 0.3 is 6.61 Å². The lowest BCUT2D eigenvalue weighted by atomic mass is 10.0. The van der Waals surface area contributed by atoms with E-state index in [0.717, 1.165) is 16.3 Å². The van der Waals surface area contributed by atoms with Gasteiger partial charge in [0.05, 0.1) is 13.2 Å². The second kappa shape index (κ2) is 8.03. The number of benzene rings is 3. The zero-order chi connectivity index (χ0) is 19.4. The summed E-state index contributed by atoms with van der Waals surface area (Å²) in [6, 6.07) is 17.8. The quantitative estimate of drug-likeness (QED) is 0.668. The highest BCUT2D eigenvalue weighted by Gasteiger charge is 2.16. The number of hydrogen-bond donors (Lipinski definition) is 1. The molecule has 27 heavy (non-hydrogen) atoms. The highest BCUT2D eigenvalue weighted by Crippen LogP contribution is 2.29. The lowest BCUT2D eigenvalue weighted by Gasteiger charge is -2.16. The predicted molar refractivity (Wildman–Crippen MR) is 99.5 cm³/mol. The fraction of sp³-hybridized carbons (Fsp3) is 0.190. The molecular weight excluding hydrogens is 352 g/mol. The molecule has 6 heteroatoms. The van der Waals surface area contributed by atoms with Gasteiger partial charge in [0.2, 0.25) is 0 Å². The summed E-state index contributed by atoms with van der Waals surface area (Å²) < 4.78 is 34.2. The van der Waals surface area contributed by atoms with Gasteiger partial charge < -0.3 is 14.8 Å². The van der Waals surface area contributed by atoms with E-state index < -0.39 is 6.61 Å². The third-order valence-corrected chi connectivity index (χ3v) is 4.26. The van der Waals surface area contributed by atoms with E-state index in [1.807, 2.05) is 49.4 Å². The van der Waals surface area contributed by atoms with Crippen molar-refractivity contribution in [3.8, 4) is 11.5 Å². The predicted octanol–water partition coefficient (Wildman–Crippen LogP) is 4.94. The van der Waals surface area contributed by atoms with Gasteiger partial charge in [-0.1, -0.05) is 36.4 Å². The molecule has 1 amide bonds. The van der Waals surface area contributed by atoms with Crippen molar-refractivity contribution in [1.82, 2.24) is 5.32 Å². The molecule has 0 radical (unpaired) electrons. The minimum absolute atomic E-state index is 0.0707. The van der Waals surface area contributed by atoms with Gasteiger partial charge in [0.1, 0.15) is 0 Å². The van der Waals surface area contributed by atoms with E-state index in [9.17, 15) is 13.6 Å². The first-order chi connectivity index (χ1) is 13.0. The van der Waals surface area contributed by atoms with E-state index in [1.54, 1.807) is 0 Å². The lowest BCUT2D eigenvalue weighted by molar-refractivity contribution is -0.0512. The number of nitrogens with one attached hydrogen (secondary N) is 1. The van der Waals surface area contributed by atoms with Gasteiger partial charge in [-0.25, -0.2) is 0 Å². The standard InChI is InChI=1S/C21H19F2NO3/c1-13(15-8-7-14-5-3-4-6-16(14)11-15)24-20(25)17-9-10-18(27-21(22)23)19(12-17)26-2/h3-13,21H,1-2H3,(H,24,25). The summed E-state index contributed by atoms with van der Waals surface area (Å²) in [5.41, 5.74) is 1.26. The number of hydrogen-bond acceptors (Lipinski definition) is 3. The van der Waals surface area contributed by atoms with E-state index >= 15 is 0 Å². The van der Waals surface area contributed by atoms with Crippen LogP contribution in [0.25, 0.3) is 10.8 Å². The van der Waals surface area contributed by atoms with Crippen molar-refractivity contribution in [2.75, 3.05) is 7.11 Å². The first-order valence-electron chi connectivity index (χ1n) is 8.40. The van der Waals surface area contributed by atoms with Crippen LogP contribution in [0.1, 0.15) is 28.9 Å². The highest BCUT2D eigenvalue weighted by molar-refractivity contribution is 5.95. The second-order valence-corrected chi connectivity index (χ2v) is 6.05. The number of halogens is 2. The van der Waals surface area contributed by atoms with Crippen molar-refractivity contribution in [3.05, 3.63) is 71.8 Å². The van der Waals surface area contributed by atoms with Crippen LogP contribution in [-0.2, 0) is 0 Å². The second-order valence-electron chi connectivity index (χ2n) is 6.05. The van der Waals surface area contributed by atoms with E-state index in [4.69, 9.17) is 4.74 Å². The number of alkyl halides is 2. The van der Waals surface area contributed by atoms with Crippen LogP contribution >= 0.6 is 0 Å². The minimum atomic E-state index is -2.97. The first kappa shape index (κ1) is 18.6. The Morgan fingerprint density at radius 3 is 2.41 bits per heavy atom. The van der Waals surface area contributed by atoms with Gasteiger partial charge in [-0.15, -0.1) is 0 Å². The molecule has 3 rings (SSSR count). The van der Waals surface area contributed by atoms with Gasteiger partial charge in [0.25, 0.3) is 5.91 Å². The normalized spacial score (nSPS) is 12.0. The third-order valence-electron chi connectivity index (χ3n) is 4.26. The summed E-state index contributed by atoms with van der Waals surface area (Å²) in [6.07, 6.45) is 0. The summed E-state index contributed by atoms with van der Waals surface area (Å²) in [7, 11) is 1.33. The third kappa shape index (κ3) is 4.34. The van der Waals surface area contributed by atoms with Crippen LogP contribution in [0.2, 0.25) is 0 Å². The van der Waals surface area contributed by atoms with Crippen molar-refractivity contribution in [3.63, 3.8) is 0 Å². The molecule has 1 unspecified atom stereocenters. The maximum absolute atomic E-state index is 12.5.